The van der Waals surface area contributed by atoms with Crippen LogP contribution in [0.5, 0.6) is 0 Å². The average molecular weight is 280 g/mol. The van der Waals surface area contributed by atoms with Gasteiger partial charge in [0.1, 0.15) is 0 Å². The first kappa shape index (κ1) is 15.0. The Morgan fingerprint density at radius 1 is 1.45 bits per heavy atom. The number of hydrogen-bond donors (Lipinski definition) is 1. The molecule has 1 aliphatic rings. The van der Waals surface area contributed by atoms with Gasteiger partial charge in [0, 0.05) is 32.0 Å². The molecular formula is C14H24N4O2. The van der Waals surface area contributed by atoms with Gasteiger partial charge in [-0.3, -0.25) is 9.48 Å². The SMILES string of the molecule is C[C@@H]1CN(C(=O)[C@H](C)NCCn2cccn2)C[C@H](C)O1. The molecular weight excluding hydrogens is 256 g/mol. The van der Waals surface area contributed by atoms with Gasteiger partial charge in [0.25, 0.3) is 0 Å². The number of hydrogen-bond acceptors (Lipinski definition) is 4. The quantitative estimate of drug-likeness (QED) is 0.853. The lowest BCUT2D eigenvalue weighted by atomic mass is 10.2. The number of nitrogens with zero attached hydrogens (tertiary/aromatic N) is 3. The fourth-order valence-corrected chi connectivity index (χ4v) is 2.55. The molecule has 0 saturated carbocycles. The first-order valence-corrected chi connectivity index (χ1v) is 7.21. The van der Waals surface area contributed by atoms with Crippen molar-refractivity contribution in [2.75, 3.05) is 19.6 Å². The van der Waals surface area contributed by atoms with Crippen LogP contribution in [0.4, 0.5) is 0 Å². The summed E-state index contributed by atoms with van der Waals surface area (Å²) in [5, 5.41) is 7.39. The standard InChI is InChI=1S/C14H24N4O2/c1-11-9-17(10-12(2)20-11)14(19)13(3)15-6-8-18-7-4-5-16-18/h4-5,7,11-13,15H,6,8-10H2,1-3H3/t11-,12+,13-/m0/s1. The Balaban J connectivity index is 1.76. The van der Waals surface area contributed by atoms with E-state index in [0.717, 1.165) is 13.1 Å². The minimum Gasteiger partial charge on any atom is -0.372 e. The third-order valence-electron chi connectivity index (χ3n) is 3.45. The summed E-state index contributed by atoms with van der Waals surface area (Å²) < 4.78 is 7.50. The molecule has 1 aromatic heterocycles. The Bertz CT molecular complexity index is 411. The molecule has 1 amide bonds. The Morgan fingerprint density at radius 2 is 2.15 bits per heavy atom. The highest BCUT2D eigenvalue weighted by molar-refractivity contribution is 5.81. The Morgan fingerprint density at radius 3 is 2.75 bits per heavy atom. The van der Waals surface area contributed by atoms with Gasteiger partial charge in [-0.25, -0.2) is 0 Å². The Labute approximate surface area is 120 Å². The number of carbonyl (C=O) groups is 1. The average Bonchev–Trinajstić information content (AvgIpc) is 2.89. The van der Waals surface area contributed by atoms with Gasteiger partial charge in [0.2, 0.25) is 5.91 Å². The van der Waals surface area contributed by atoms with Crippen LogP contribution in [0.25, 0.3) is 0 Å². The zero-order valence-corrected chi connectivity index (χ0v) is 12.5. The molecule has 20 heavy (non-hydrogen) atoms. The van der Waals surface area contributed by atoms with Crippen LogP contribution >= 0.6 is 0 Å². The number of amides is 1. The van der Waals surface area contributed by atoms with Crippen LogP contribution in [0.15, 0.2) is 18.5 Å². The number of nitrogens with one attached hydrogen (secondary N) is 1. The van der Waals surface area contributed by atoms with E-state index in [9.17, 15) is 4.79 Å². The third-order valence-corrected chi connectivity index (χ3v) is 3.45. The Kier molecular flexibility index (Phi) is 5.14. The number of morpholine rings is 1. The molecule has 6 heteroatoms. The molecule has 0 spiro atoms. The van der Waals surface area contributed by atoms with Crippen molar-refractivity contribution in [3.63, 3.8) is 0 Å². The van der Waals surface area contributed by atoms with Crippen LogP contribution in [0.1, 0.15) is 20.8 Å². The lowest BCUT2D eigenvalue weighted by Crippen LogP contribution is -2.53. The van der Waals surface area contributed by atoms with Crippen LogP contribution in [-0.2, 0) is 16.1 Å². The number of ether oxygens (including phenoxy) is 1. The second-order valence-corrected chi connectivity index (χ2v) is 5.45. The van der Waals surface area contributed by atoms with E-state index < -0.39 is 0 Å². The molecule has 0 bridgehead atoms. The molecule has 2 heterocycles. The predicted octanol–water partition coefficient (Wildman–Crippen LogP) is 0.497. The minimum absolute atomic E-state index is 0.110. The monoisotopic (exact) mass is 280 g/mol. The van der Waals surface area contributed by atoms with Gasteiger partial charge in [0.05, 0.1) is 24.8 Å². The van der Waals surface area contributed by atoms with Crippen molar-refractivity contribution in [2.24, 2.45) is 0 Å². The van der Waals surface area contributed by atoms with Gasteiger partial charge in [-0.15, -0.1) is 0 Å². The van der Waals surface area contributed by atoms with E-state index in [1.807, 2.05) is 42.6 Å². The zero-order chi connectivity index (χ0) is 14.5. The van der Waals surface area contributed by atoms with E-state index in [0.29, 0.717) is 13.1 Å². The van der Waals surface area contributed by atoms with Crippen molar-refractivity contribution in [2.45, 2.75) is 45.6 Å². The molecule has 1 aromatic rings. The number of rotatable bonds is 5. The Hall–Kier alpha value is -1.40. The number of aromatic nitrogens is 2. The summed E-state index contributed by atoms with van der Waals surface area (Å²) in [6.07, 6.45) is 3.89. The van der Waals surface area contributed by atoms with E-state index in [1.165, 1.54) is 0 Å². The van der Waals surface area contributed by atoms with Crippen LogP contribution < -0.4 is 5.32 Å². The molecule has 112 valence electrons. The molecule has 1 aliphatic heterocycles. The highest BCUT2D eigenvalue weighted by Gasteiger charge is 2.28. The van der Waals surface area contributed by atoms with E-state index in [4.69, 9.17) is 4.74 Å². The summed E-state index contributed by atoms with van der Waals surface area (Å²) in [5.74, 6) is 0.146. The summed E-state index contributed by atoms with van der Waals surface area (Å²) in [6, 6.07) is 1.72. The normalized spacial score (nSPS) is 24.6. The van der Waals surface area contributed by atoms with Crippen LogP contribution in [0.3, 0.4) is 0 Å². The molecule has 1 N–H and O–H groups in total. The lowest BCUT2D eigenvalue weighted by molar-refractivity contribution is -0.144. The van der Waals surface area contributed by atoms with Gasteiger partial charge in [-0.2, -0.15) is 5.10 Å². The van der Waals surface area contributed by atoms with Gasteiger partial charge in [-0.1, -0.05) is 0 Å². The molecule has 0 unspecified atom stereocenters. The molecule has 2 rings (SSSR count). The van der Waals surface area contributed by atoms with E-state index in [2.05, 4.69) is 10.4 Å². The zero-order valence-electron chi connectivity index (χ0n) is 12.5. The smallest absolute Gasteiger partial charge is 0.239 e. The van der Waals surface area contributed by atoms with Crippen molar-refractivity contribution in [3.05, 3.63) is 18.5 Å². The van der Waals surface area contributed by atoms with E-state index in [-0.39, 0.29) is 24.2 Å². The molecule has 3 atom stereocenters. The fourth-order valence-electron chi connectivity index (χ4n) is 2.55. The topological polar surface area (TPSA) is 59.4 Å². The summed E-state index contributed by atoms with van der Waals surface area (Å²) in [7, 11) is 0. The van der Waals surface area contributed by atoms with Crippen molar-refractivity contribution in [3.8, 4) is 0 Å². The maximum atomic E-state index is 12.4. The van der Waals surface area contributed by atoms with Crippen molar-refractivity contribution in [1.82, 2.24) is 20.0 Å². The van der Waals surface area contributed by atoms with Crippen molar-refractivity contribution < 1.29 is 9.53 Å². The van der Waals surface area contributed by atoms with Crippen molar-refractivity contribution in [1.29, 1.82) is 0 Å². The molecule has 0 aromatic carbocycles. The summed E-state index contributed by atoms with van der Waals surface area (Å²) >= 11 is 0. The molecule has 0 radical (unpaired) electrons. The second-order valence-electron chi connectivity index (χ2n) is 5.45. The highest BCUT2D eigenvalue weighted by atomic mass is 16.5. The van der Waals surface area contributed by atoms with E-state index >= 15 is 0 Å². The maximum absolute atomic E-state index is 12.4. The van der Waals surface area contributed by atoms with Crippen LogP contribution in [-0.4, -0.2) is 58.5 Å². The maximum Gasteiger partial charge on any atom is 0.239 e. The first-order valence-electron chi connectivity index (χ1n) is 7.21. The van der Waals surface area contributed by atoms with Crippen molar-refractivity contribution >= 4 is 5.91 Å². The van der Waals surface area contributed by atoms with Gasteiger partial charge < -0.3 is 15.0 Å². The van der Waals surface area contributed by atoms with Crippen LogP contribution in [0.2, 0.25) is 0 Å². The predicted molar refractivity (Wildman–Crippen MR) is 76.3 cm³/mol. The molecule has 1 saturated heterocycles. The molecule has 6 nitrogen and oxygen atoms in total. The summed E-state index contributed by atoms with van der Waals surface area (Å²) in [4.78, 5) is 14.3. The first-order chi connectivity index (χ1) is 9.56. The fraction of sp³-hybridized carbons (Fsp3) is 0.714. The van der Waals surface area contributed by atoms with Gasteiger partial charge in [-0.05, 0) is 26.8 Å². The highest BCUT2D eigenvalue weighted by Crippen LogP contribution is 2.11. The molecule has 0 aliphatic carbocycles. The minimum atomic E-state index is -0.178. The van der Waals surface area contributed by atoms with Gasteiger partial charge >= 0.3 is 0 Å². The summed E-state index contributed by atoms with van der Waals surface area (Å²) in [5.41, 5.74) is 0. The second kappa shape index (κ2) is 6.85. The van der Waals surface area contributed by atoms with E-state index in [1.54, 1.807) is 6.20 Å². The lowest BCUT2D eigenvalue weighted by Gasteiger charge is -2.36. The van der Waals surface area contributed by atoms with Gasteiger partial charge in [0.15, 0.2) is 0 Å². The number of carbonyl (C=O) groups excluding carboxylic acids is 1. The largest absolute Gasteiger partial charge is 0.372 e. The summed E-state index contributed by atoms with van der Waals surface area (Å²) in [6.45, 7) is 8.76. The van der Waals surface area contributed by atoms with Crippen LogP contribution in [0, 0.1) is 0 Å². The third kappa shape index (κ3) is 4.05. The molecule has 1 fully saturated rings.